The Morgan fingerprint density at radius 2 is 2.05 bits per heavy atom. The first-order valence-corrected chi connectivity index (χ1v) is 7.00. The molecule has 2 amide bonds. The van der Waals surface area contributed by atoms with Crippen LogP contribution in [0.25, 0.3) is 0 Å². The van der Waals surface area contributed by atoms with E-state index in [-0.39, 0.29) is 18.2 Å². The maximum Gasteiger partial charge on any atom is 0.315 e. The van der Waals surface area contributed by atoms with E-state index in [0.717, 1.165) is 25.7 Å². The molecule has 0 unspecified atom stereocenters. The smallest absolute Gasteiger partial charge is 0.315 e. The Morgan fingerprint density at radius 1 is 1.26 bits per heavy atom. The summed E-state index contributed by atoms with van der Waals surface area (Å²) in [7, 11) is 0. The number of nitrogens with one attached hydrogen (secondary N) is 2. The second-order valence-electron chi connectivity index (χ2n) is 5.15. The molecule has 0 aliphatic heterocycles. The van der Waals surface area contributed by atoms with Gasteiger partial charge in [-0.05, 0) is 37.7 Å². The largest absolute Gasteiger partial charge is 0.393 e. The van der Waals surface area contributed by atoms with Crippen LogP contribution in [-0.4, -0.2) is 29.8 Å². The Hall–Kier alpha value is -1.55. The molecular formula is C15H22N2O2. The molecule has 0 radical (unpaired) electrons. The molecule has 4 heteroatoms. The number of aliphatic hydroxyl groups excluding tert-OH is 1. The summed E-state index contributed by atoms with van der Waals surface area (Å²) < 4.78 is 0. The van der Waals surface area contributed by atoms with Crippen LogP contribution < -0.4 is 10.6 Å². The minimum absolute atomic E-state index is 0.112. The summed E-state index contributed by atoms with van der Waals surface area (Å²) in [6.07, 6.45) is 4.05. The van der Waals surface area contributed by atoms with Gasteiger partial charge in [0.15, 0.2) is 0 Å². The molecule has 19 heavy (non-hydrogen) atoms. The van der Waals surface area contributed by atoms with Crippen LogP contribution in [0.4, 0.5) is 4.79 Å². The van der Waals surface area contributed by atoms with Gasteiger partial charge in [-0.15, -0.1) is 0 Å². The number of carbonyl (C=O) groups is 1. The Balaban J connectivity index is 1.64. The zero-order chi connectivity index (χ0) is 13.5. The monoisotopic (exact) mass is 262 g/mol. The second-order valence-corrected chi connectivity index (χ2v) is 5.15. The van der Waals surface area contributed by atoms with Gasteiger partial charge in [-0.2, -0.15) is 0 Å². The van der Waals surface area contributed by atoms with Gasteiger partial charge in [-0.25, -0.2) is 4.79 Å². The Labute approximate surface area is 114 Å². The van der Waals surface area contributed by atoms with E-state index in [9.17, 15) is 9.90 Å². The van der Waals surface area contributed by atoms with E-state index in [0.29, 0.717) is 13.0 Å². The maximum atomic E-state index is 11.7. The molecule has 1 aromatic rings. The number of benzene rings is 1. The first-order chi connectivity index (χ1) is 9.24. The van der Waals surface area contributed by atoms with E-state index in [1.165, 1.54) is 5.56 Å². The van der Waals surface area contributed by atoms with E-state index in [1.54, 1.807) is 0 Å². The Morgan fingerprint density at radius 3 is 2.79 bits per heavy atom. The van der Waals surface area contributed by atoms with Crippen LogP contribution in [0, 0.1) is 0 Å². The van der Waals surface area contributed by atoms with Gasteiger partial charge < -0.3 is 15.7 Å². The van der Waals surface area contributed by atoms with Gasteiger partial charge >= 0.3 is 6.03 Å². The highest BCUT2D eigenvalue weighted by atomic mass is 16.3. The number of aliphatic hydroxyl groups is 1. The van der Waals surface area contributed by atoms with Crippen LogP contribution in [0.3, 0.4) is 0 Å². The molecule has 2 atom stereocenters. The third-order valence-electron chi connectivity index (χ3n) is 3.52. The van der Waals surface area contributed by atoms with E-state index in [4.69, 9.17) is 0 Å². The number of hydrogen-bond acceptors (Lipinski definition) is 2. The minimum atomic E-state index is -0.261. The van der Waals surface area contributed by atoms with Crippen molar-refractivity contribution in [3.05, 3.63) is 35.9 Å². The fourth-order valence-electron chi connectivity index (χ4n) is 2.50. The lowest BCUT2D eigenvalue weighted by Crippen LogP contribution is -2.45. The van der Waals surface area contributed by atoms with Crippen molar-refractivity contribution in [1.29, 1.82) is 0 Å². The third-order valence-corrected chi connectivity index (χ3v) is 3.52. The Kier molecular flexibility index (Phi) is 5.21. The molecule has 1 fully saturated rings. The topological polar surface area (TPSA) is 61.4 Å². The zero-order valence-corrected chi connectivity index (χ0v) is 11.1. The number of hydrogen-bond donors (Lipinski definition) is 3. The average Bonchev–Trinajstić information content (AvgIpc) is 2.40. The lowest BCUT2D eigenvalue weighted by molar-refractivity contribution is 0.113. The average molecular weight is 262 g/mol. The summed E-state index contributed by atoms with van der Waals surface area (Å²) in [6, 6.07) is 10.1. The molecule has 1 aliphatic rings. The summed E-state index contributed by atoms with van der Waals surface area (Å²) in [5.74, 6) is 0. The normalized spacial score (nSPS) is 22.8. The fraction of sp³-hybridized carbons (Fsp3) is 0.533. The van der Waals surface area contributed by atoms with Crippen molar-refractivity contribution >= 4 is 6.03 Å². The molecule has 0 heterocycles. The van der Waals surface area contributed by atoms with Crippen molar-refractivity contribution in [2.75, 3.05) is 6.54 Å². The highest BCUT2D eigenvalue weighted by Gasteiger charge is 2.21. The summed E-state index contributed by atoms with van der Waals surface area (Å²) in [6.45, 7) is 0.630. The maximum absolute atomic E-state index is 11.7. The van der Waals surface area contributed by atoms with Crippen LogP contribution in [0.1, 0.15) is 31.2 Å². The van der Waals surface area contributed by atoms with Crippen molar-refractivity contribution in [3.8, 4) is 0 Å². The van der Waals surface area contributed by atoms with E-state index < -0.39 is 0 Å². The lowest BCUT2D eigenvalue weighted by Gasteiger charge is -2.26. The first-order valence-electron chi connectivity index (χ1n) is 7.00. The van der Waals surface area contributed by atoms with E-state index in [1.807, 2.05) is 18.2 Å². The molecule has 1 aromatic carbocycles. The van der Waals surface area contributed by atoms with Gasteiger partial charge in [0.05, 0.1) is 6.10 Å². The SMILES string of the molecule is O=C(NCCc1ccccc1)N[C@@H]1CCC[C@H](O)C1. The van der Waals surface area contributed by atoms with Crippen LogP contribution in [0.2, 0.25) is 0 Å². The number of amides is 2. The summed E-state index contributed by atoms with van der Waals surface area (Å²) in [4.78, 5) is 11.7. The highest BCUT2D eigenvalue weighted by molar-refractivity contribution is 5.74. The summed E-state index contributed by atoms with van der Waals surface area (Å²) in [5.41, 5.74) is 1.22. The molecule has 0 spiro atoms. The van der Waals surface area contributed by atoms with Gasteiger partial charge in [-0.3, -0.25) is 0 Å². The highest BCUT2D eigenvalue weighted by Crippen LogP contribution is 2.17. The molecular weight excluding hydrogens is 240 g/mol. The van der Waals surface area contributed by atoms with Crippen molar-refractivity contribution in [1.82, 2.24) is 10.6 Å². The van der Waals surface area contributed by atoms with Gasteiger partial charge in [-0.1, -0.05) is 30.3 Å². The molecule has 0 aromatic heterocycles. The molecule has 4 nitrogen and oxygen atoms in total. The summed E-state index contributed by atoms with van der Waals surface area (Å²) in [5, 5.41) is 15.3. The molecule has 104 valence electrons. The molecule has 0 bridgehead atoms. The standard InChI is InChI=1S/C15H22N2O2/c18-14-8-4-7-13(11-14)17-15(19)16-10-9-12-5-2-1-3-6-12/h1-3,5-6,13-14,18H,4,7-11H2,(H2,16,17,19)/t13-,14+/m1/s1. The predicted octanol–water partition coefficient (Wildman–Crippen LogP) is 1.83. The van der Waals surface area contributed by atoms with Gasteiger partial charge in [0.25, 0.3) is 0 Å². The van der Waals surface area contributed by atoms with E-state index in [2.05, 4.69) is 22.8 Å². The molecule has 0 saturated heterocycles. The minimum Gasteiger partial charge on any atom is -0.393 e. The zero-order valence-electron chi connectivity index (χ0n) is 11.1. The molecule has 2 rings (SSSR count). The second kappa shape index (κ2) is 7.14. The lowest BCUT2D eigenvalue weighted by atomic mass is 9.93. The number of carbonyl (C=O) groups excluding carboxylic acids is 1. The third kappa shape index (κ3) is 4.91. The van der Waals surface area contributed by atoms with Gasteiger partial charge in [0, 0.05) is 12.6 Å². The number of rotatable bonds is 4. The molecule has 1 aliphatic carbocycles. The Bertz CT molecular complexity index is 394. The van der Waals surface area contributed by atoms with Crippen molar-refractivity contribution in [2.45, 2.75) is 44.2 Å². The van der Waals surface area contributed by atoms with Gasteiger partial charge in [0.1, 0.15) is 0 Å². The molecule has 3 N–H and O–H groups in total. The van der Waals surface area contributed by atoms with Crippen LogP contribution in [0.15, 0.2) is 30.3 Å². The van der Waals surface area contributed by atoms with Crippen LogP contribution in [0.5, 0.6) is 0 Å². The first kappa shape index (κ1) is 13.9. The summed E-state index contributed by atoms with van der Waals surface area (Å²) >= 11 is 0. The molecule has 1 saturated carbocycles. The van der Waals surface area contributed by atoms with E-state index >= 15 is 0 Å². The predicted molar refractivity (Wildman–Crippen MR) is 74.9 cm³/mol. The van der Waals surface area contributed by atoms with Crippen LogP contribution in [-0.2, 0) is 6.42 Å². The van der Waals surface area contributed by atoms with Crippen molar-refractivity contribution in [3.63, 3.8) is 0 Å². The fourth-order valence-corrected chi connectivity index (χ4v) is 2.50. The van der Waals surface area contributed by atoms with Crippen molar-refractivity contribution < 1.29 is 9.90 Å². The quantitative estimate of drug-likeness (QED) is 0.775. The van der Waals surface area contributed by atoms with Crippen molar-refractivity contribution in [2.24, 2.45) is 0 Å². The number of urea groups is 1. The van der Waals surface area contributed by atoms with Crippen LogP contribution >= 0.6 is 0 Å². The van der Waals surface area contributed by atoms with Gasteiger partial charge in [0.2, 0.25) is 0 Å².